The molecule has 0 aromatic heterocycles. The van der Waals surface area contributed by atoms with E-state index in [-0.39, 0.29) is 29.0 Å². The zero-order valence-corrected chi connectivity index (χ0v) is 11.3. The Morgan fingerprint density at radius 2 is 2.27 bits per heavy atom. The molecule has 5 heteroatoms. The highest BCUT2D eigenvalue weighted by molar-refractivity contribution is 7.99. The second-order valence-corrected chi connectivity index (χ2v) is 5.88. The Morgan fingerprint density at radius 3 is 2.73 bits per heavy atom. The summed E-state index contributed by atoms with van der Waals surface area (Å²) in [6, 6.07) is 0. The third-order valence-corrected chi connectivity index (χ3v) is 3.92. The quantitative estimate of drug-likeness (QED) is 0.792. The fraction of sp³-hybridized carbons (Fsp3) is 0.900. The first-order valence-electron chi connectivity index (χ1n) is 5.09. The fourth-order valence-electron chi connectivity index (χ4n) is 1.39. The summed E-state index contributed by atoms with van der Waals surface area (Å²) in [5.41, 5.74) is 0. The molecule has 1 amide bonds. The number of rotatable bonds is 4. The molecule has 1 rings (SSSR count). The van der Waals surface area contributed by atoms with Crippen molar-refractivity contribution in [1.82, 2.24) is 10.6 Å². The molecule has 0 spiro atoms. The Bertz CT molecular complexity index is 206. The maximum atomic E-state index is 11.6. The van der Waals surface area contributed by atoms with Gasteiger partial charge in [0.25, 0.3) is 0 Å². The van der Waals surface area contributed by atoms with Crippen molar-refractivity contribution in [2.75, 3.05) is 25.9 Å². The first-order chi connectivity index (χ1) is 6.55. The number of amides is 1. The summed E-state index contributed by atoms with van der Waals surface area (Å²) in [7, 11) is 0. The zero-order valence-electron chi connectivity index (χ0n) is 9.63. The number of halogens is 1. The highest BCUT2D eigenvalue weighted by Crippen LogP contribution is 2.19. The van der Waals surface area contributed by atoms with Crippen LogP contribution in [0.25, 0.3) is 0 Å². The molecule has 0 saturated carbocycles. The molecule has 1 aliphatic heterocycles. The van der Waals surface area contributed by atoms with Gasteiger partial charge in [0.2, 0.25) is 5.91 Å². The van der Waals surface area contributed by atoms with E-state index in [0.717, 1.165) is 26.1 Å². The van der Waals surface area contributed by atoms with Crippen LogP contribution in [0.1, 0.15) is 20.3 Å². The SMILES string of the molecule is CSC(C)(C)CNC(=O)C1CCNC1.Cl. The molecule has 90 valence electrons. The molecule has 3 nitrogen and oxygen atoms in total. The minimum Gasteiger partial charge on any atom is -0.354 e. The molecule has 1 heterocycles. The summed E-state index contributed by atoms with van der Waals surface area (Å²) in [6.07, 6.45) is 3.05. The second kappa shape index (κ2) is 6.61. The lowest BCUT2D eigenvalue weighted by Crippen LogP contribution is -2.39. The largest absolute Gasteiger partial charge is 0.354 e. The zero-order chi connectivity index (χ0) is 10.6. The summed E-state index contributed by atoms with van der Waals surface area (Å²) in [5, 5.41) is 6.21. The molecule has 2 N–H and O–H groups in total. The van der Waals surface area contributed by atoms with Crippen LogP contribution in [0, 0.1) is 5.92 Å². The van der Waals surface area contributed by atoms with E-state index in [1.165, 1.54) is 0 Å². The lowest BCUT2D eigenvalue weighted by Gasteiger charge is -2.23. The maximum absolute atomic E-state index is 11.6. The Morgan fingerprint density at radius 1 is 1.60 bits per heavy atom. The maximum Gasteiger partial charge on any atom is 0.224 e. The predicted octanol–water partition coefficient (Wildman–Crippen LogP) is 1.28. The van der Waals surface area contributed by atoms with Crippen molar-refractivity contribution in [3.63, 3.8) is 0 Å². The van der Waals surface area contributed by atoms with Gasteiger partial charge in [-0.3, -0.25) is 4.79 Å². The third-order valence-electron chi connectivity index (χ3n) is 2.67. The van der Waals surface area contributed by atoms with Crippen LogP contribution in [-0.2, 0) is 4.79 Å². The van der Waals surface area contributed by atoms with Gasteiger partial charge in [-0.15, -0.1) is 12.4 Å². The summed E-state index contributed by atoms with van der Waals surface area (Å²) in [4.78, 5) is 11.6. The topological polar surface area (TPSA) is 41.1 Å². The van der Waals surface area contributed by atoms with Gasteiger partial charge in [-0.2, -0.15) is 11.8 Å². The molecule has 1 unspecified atom stereocenters. The molecule has 1 saturated heterocycles. The van der Waals surface area contributed by atoms with E-state index in [0.29, 0.717) is 0 Å². The number of hydrogen-bond donors (Lipinski definition) is 2. The molecule has 0 radical (unpaired) electrons. The van der Waals surface area contributed by atoms with Gasteiger partial charge in [-0.05, 0) is 33.1 Å². The lowest BCUT2D eigenvalue weighted by atomic mass is 10.1. The van der Waals surface area contributed by atoms with E-state index in [4.69, 9.17) is 0 Å². The summed E-state index contributed by atoms with van der Waals surface area (Å²) in [6.45, 7) is 6.86. The molecule has 15 heavy (non-hydrogen) atoms. The highest BCUT2D eigenvalue weighted by Gasteiger charge is 2.24. The standard InChI is InChI=1S/C10H20N2OS.ClH/c1-10(2,14-3)7-12-9(13)8-4-5-11-6-8;/h8,11H,4-7H2,1-3H3,(H,12,13);1H. The fourth-order valence-corrected chi connectivity index (χ4v) is 1.61. The van der Waals surface area contributed by atoms with Gasteiger partial charge in [-0.25, -0.2) is 0 Å². The summed E-state index contributed by atoms with van der Waals surface area (Å²) in [5.74, 6) is 0.393. The third kappa shape index (κ3) is 5.09. The van der Waals surface area contributed by atoms with Gasteiger partial charge < -0.3 is 10.6 Å². The first-order valence-corrected chi connectivity index (χ1v) is 6.31. The summed E-state index contributed by atoms with van der Waals surface area (Å²) >= 11 is 1.78. The predicted molar refractivity (Wildman–Crippen MR) is 68.8 cm³/mol. The van der Waals surface area contributed by atoms with Crippen LogP contribution in [0.4, 0.5) is 0 Å². The number of hydrogen-bond acceptors (Lipinski definition) is 3. The summed E-state index contributed by atoms with van der Waals surface area (Å²) < 4.78 is 0.141. The molecule has 1 atom stereocenters. The number of carbonyl (C=O) groups is 1. The Labute approximate surface area is 103 Å². The monoisotopic (exact) mass is 252 g/mol. The number of carbonyl (C=O) groups excluding carboxylic acids is 1. The van der Waals surface area contributed by atoms with Gasteiger partial charge in [0.05, 0.1) is 5.92 Å². The van der Waals surface area contributed by atoms with Gasteiger partial charge in [0.1, 0.15) is 0 Å². The molecule has 0 aromatic rings. The van der Waals surface area contributed by atoms with Crippen LogP contribution in [-0.4, -0.2) is 36.5 Å². The van der Waals surface area contributed by atoms with Crippen LogP contribution < -0.4 is 10.6 Å². The van der Waals surface area contributed by atoms with E-state index in [1.54, 1.807) is 11.8 Å². The van der Waals surface area contributed by atoms with Crippen LogP contribution >= 0.6 is 24.2 Å². The van der Waals surface area contributed by atoms with E-state index in [1.807, 2.05) is 0 Å². The highest BCUT2D eigenvalue weighted by atomic mass is 35.5. The lowest BCUT2D eigenvalue weighted by molar-refractivity contribution is -0.124. The molecular formula is C10H21ClN2OS. The average molecular weight is 253 g/mol. The molecule has 1 aliphatic rings. The van der Waals surface area contributed by atoms with Gasteiger partial charge in [-0.1, -0.05) is 0 Å². The van der Waals surface area contributed by atoms with Gasteiger partial charge in [0, 0.05) is 17.8 Å². The van der Waals surface area contributed by atoms with Crippen LogP contribution in [0.15, 0.2) is 0 Å². The molecule has 0 aliphatic carbocycles. The van der Waals surface area contributed by atoms with Crippen molar-refractivity contribution in [1.29, 1.82) is 0 Å². The average Bonchev–Trinajstić information content (AvgIpc) is 2.67. The minimum atomic E-state index is 0. The van der Waals surface area contributed by atoms with Crippen molar-refractivity contribution in [2.45, 2.75) is 25.0 Å². The van der Waals surface area contributed by atoms with E-state index in [2.05, 4.69) is 30.7 Å². The number of thioether (sulfide) groups is 1. The van der Waals surface area contributed by atoms with Crippen LogP contribution in [0.2, 0.25) is 0 Å². The van der Waals surface area contributed by atoms with Crippen LogP contribution in [0.3, 0.4) is 0 Å². The van der Waals surface area contributed by atoms with Crippen molar-refractivity contribution in [2.24, 2.45) is 5.92 Å². The second-order valence-electron chi connectivity index (χ2n) is 4.37. The van der Waals surface area contributed by atoms with Gasteiger partial charge in [0.15, 0.2) is 0 Å². The molecular weight excluding hydrogens is 232 g/mol. The molecule has 1 fully saturated rings. The number of nitrogens with one attached hydrogen (secondary N) is 2. The Balaban J connectivity index is 0.00000196. The first kappa shape index (κ1) is 15.1. The van der Waals surface area contributed by atoms with Crippen molar-refractivity contribution >= 4 is 30.1 Å². The van der Waals surface area contributed by atoms with E-state index < -0.39 is 0 Å². The Kier molecular flexibility index (Phi) is 6.64. The van der Waals surface area contributed by atoms with Crippen LogP contribution in [0.5, 0.6) is 0 Å². The van der Waals surface area contributed by atoms with Crippen molar-refractivity contribution in [3.8, 4) is 0 Å². The van der Waals surface area contributed by atoms with Crippen molar-refractivity contribution < 1.29 is 4.79 Å². The normalized spacial score (nSPS) is 20.9. The smallest absolute Gasteiger partial charge is 0.224 e. The van der Waals surface area contributed by atoms with E-state index in [9.17, 15) is 4.79 Å². The minimum absolute atomic E-state index is 0. The van der Waals surface area contributed by atoms with Gasteiger partial charge >= 0.3 is 0 Å². The molecule has 0 aromatic carbocycles. The molecule has 0 bridgehead atoms. The van der Waals surface area contributed by atoms with Crippen molar-refractivity contribution in [3.05, 3.63) is 0 Å². The van der Waals surface area contributed by atoms with E-state index >= 15 is 0 Å². The Hall–Kier alpha value is 0.0700.